The number of nitrogens with two attached hydrogens (primary N) is 1. The van der Waals surface area contributed by atoms with E-state index < -0.39 is 6.04 Å². The van der Waals surface area contributed by atoms with Gasteiger partial charge in [-0.3, -0.25) is 9.59 Å². The normalized spacial score (nSPS) is 12.0. The molecule has 0 unspecified atom stereocenters. The molecule has 4 N–H and O–H groups in total. The van der Waals surface area contributed by atoms with E-state index in [0.29, 0.717) is 37.6 Å². The number of hydrogen-bond donors (Lipinski definition) is 3. The van der Waals surface area contributed by atoms with Crippen LogP contribution in [0.1, 0.15) is 29.0 Å². The lowest BCUT2D eigenvalue weighted by atomic mass is 9.90. The van der Waals surface area contributed by atoms with Gasteiger partial charge in [-0.2, -0.15) is 0 Å². The van der Waals surface area contributed by atoms with E-state index in [2.05, 4.69) is 34.9 Å². The summed E-state index contributed by atoms with van der Waals surface area (Å²) in [6.45, 7) is 1.76. The first kappa shape index (κ1) is 28.1. The van der Waals surface area contributed by atoms with Gasteiger partial charge in [-0.05, 0) is 47.9 Å². The van der Waals surface area contributed by atoms with Crippen LogP contribution in [-0.4, -0.2) is 56.0 Å². The molecule has 0 saturated carbocycles. The maximum absolute atomic E-state index is 13.3. The van der Waals surface area contributed by atoms with E-state index in [1.54, 1.807) is 23.1 Å². The van der Waals surface area contributed by atoms with Gasteiger partial charge in [0.1, 0.15) is 0 Å². The van der Waals surface area contributed by atoms with Crippen molar-refractivity contribution in [1.29, 1.82) is 0 Å². The minimum absolute atomic E-state index is 0.0173. The van der Waals surface area contributed by atoms with Crippen LogP contribution in [0.3, 0.4) is 0 Å². The average molecular weight is 519 g/mol. The highest BCUT2D eigenvalue weighted by Crippen LogP contribution is 2.25. The van der Waals surface area contributed by atoms with Gasteiger partial charge in [0.15, 0.2) is 0 Å². The minimum atomic E-state index is -0.427. The number of carbonyl (C=O) groups is 2. The number of nitrogens with one attached hydrogen (secondary N) is 2. The molecule has 0 aliphatic rings. The van der Waals surface area contributed by atoms with Crippen LogP contribution in [0.2, 0.25) is 5.02 Å². The molecule has 3 rings (SSSR count). The van der Waals surface area contributed by atoms with Crippen LogP contribution in [0.5, 0.6) is 0 Å². The highest BCUT2D eigenvalue weighted by atomic mass is 35.5. The summed E-state index contributed by atoms with van der Waals surface area (Å²) in [5.41, 5.74) is 9.01. The van der Waals surface area contributed by atoms with Crippen LogP contribution in [-0.2, 0) is 9.59 Å². The summed E-state index contributed by atoms with van der Waals surface area (Å²) in [4.78, 5) is 27.3. The SMILES string of the molecule is CN(CC(c1ccccc1)c1ccccc1)C(=O)[C@H](CCN)NCCNC(=O)/C=C/c1ccc(Cl)cc1. The number of carbonyl (C=O) groups excluding carboxylic acids is 2. The van der Waals surface area contributed by atoms with Gasteiger partial charge in [-0.15, -0.1) is 0 Å². The fourth-order valence-corrected chi connectivity index (χ4v) is 4.25. The van der Waals surface area contributed by atoms with Crippen LogP contribution in [0, 0.1) is 0 Å². The number of halogens is 1. The van der Waals surface area contributed by atoms with Crippen molar-refractivity contribution in [3.8, 4) is 0 Å². The van der Waals surface area contributed by atoms with E-state index in [-0.39, 0.29) is 17.7 Å². The Morgan fingerprint density at radius 2 is 1.51 bits per heavy atom. The first-order valence-electron chi connectivity index (χ1n) is 12.5. The number of likely N-dealkylation sites (N-methyl/N-ethyl adjacent to an activating group) is 1. The lowest BCUT2D eigenvalue weighted by Crippen LogP contribution is -2.48. The minimum Gasteiger partial charge on any atom is -0.351 e. The number of benzene rings is 3. The lowest BCUT2D eigenvalue weighted by Gasteiger charge is -2.29. The maximum Gasteiger partial charge on any atom is 0.244 e. The molecule has 1 atom stereocenters. The highest BCUT2D eigenvalue weighted by Gasteiger charge is 2.24. The summed E-state index contributed by atoms with van der Waals surface area (Å²) in [6, 6.07) is 27.2. The third-order valence-electron chi connectivity index (χ3n) is 6.10. The van der Waals surface area contributed by atoms with E-state index >= 15 is 0 Å². The summed E-state index contributed by atoms with van der Waals surface area (Å²) in [5, 5.41) is 6.75. The average Bonchev–Trinajstić information content (AvgIpc) is 2.93. The largest absolute Gasteiger partial charge is 0.351 e. The first-order chi connectivity index (χ1) is 18.0. The van der Waals surface area contributed by atoms with Crippen molar-refractivity contribution in [2.24, 2.45) is 5.73 Å². The highest BCUT2D eigenvalue weighted by molar-refractivity contribution is 6.30. The van der Waals surface area contributed by atoms with Crippen LogP contribution in [0.4, 0.5) is 0 Å². The van der Waals surface area contributed by atoms with Crippen LogP contribution in [0.25, 0.3) is 6.08 Å². The second-order valence-corrected chi connectivity index (χ2v) is 9.29. The Labute approximate surface area is 224 Å². The van der Waals surface area contributed by atoms with Gasteiger partial charge in [0.2, 0.25) is 11.8 Å². The van der Waals surface area contributed by atoms with E-state index in [1.807, 2.05) is 55.6 Å². The summed E-state index contributed by atoms with van der Waals surface area (Å²) in [6.07, 6.45) is 3.71. The molecular weight excluding hydrogens is 484 g/mol. The Morgan fingerprint density at radius 1 is 0.919 bits per heavy atom. The van der Waals surface area contributed by atoms with Crippen molar-refractivity contribution in [3.05, 3.63) is 113 Å². The van der Waals surface area contributed by atoms with E-state index in [1.165, 1.54) is 6.08 Å². The number of rotatable bonds is 13. The van der Waals surface area contributed by atoms with Gasteiger partial charge in [-0.25, -0.2) is 0 Å². The van der Waals surface area contributed by atoms with Crippen LogP contribution in [0.15, 0.2) is 91.0 Å². The molecule has 0 aliphatic carbocycles. The third kappa shape index (κ3) is 9.17. The van der Waals surface area contributed by atoms with Crippen molar-refractivity contribution in [3.63, 3.8) is 0 Å². The number of amides is 2. The molecule has 0 spiro atoms. The Kier molecular flexibility index (Phi) is 11.4. The van der Waals surface area contributed by atoms with E-state index in [9.17, 15) is 9.59 Å². The molecule has 3 aromatic carbocycles. The summed E-state index contributed by atoms with van der Waals surface area (Å²) >= 11 is 5.88. The molecule has 2 amide bonds. The maximum atomic E-state index is 13.3. The molecule has 7 heteroatoms. The van der Waals surface area contributed by atoms with Gasteiger partial charge >= 0.3 is 0 Å². The molecule has 37 heavy (non-hydrogen) atoms. The fraction of sp³-hybridized carbons (Fsp3) is 0.267. The van der Waals surface area contributed by atoms with Gasteiger partial charge in [0, 0.05) is 43.7 Å². The number of hydrogen-bond acceptors (Lipinski definition) is 4. The zero-order valence-corrected chi connectivity index (χ0v) is 21.9. The Hall–Kier alpha value is -3.45. The zero-order valence-electron chi connectivity index (χ0n) is 21.1. The van der Waals surface area contributed by atoms with Crippen molar-refractivity contribution in [2.75, 3.05) is 33.2 Å². The Balaban J connectivity index is 1.54. The van der Waals surface area contributed by atoms with Crippen molar-refractivity contribution >= 4 is 29.5 Å². The molecule has 0 bridgehead atoms. The standard InChI is InChI=1S/C30H35ClN4O2/c1-35(22-27(24-8-4-2-5-9-24)25-10-6-3-7-11-25)30(37)28(18-19-32)33-20-21-34-29(36)17-14-23-12-15-26(31)16-13-23/h2-17,27-28,33H,18-22,32H2,1H3,(H,34,36)/b17-14+/t28-/m0/s1. The molecule has 0 radical (unpaired) electrons. The quantitative estimate of drug-likeness (QED) is 0.235. The molecule has 6 nitrogen and oxygen atoms in total. The summed E-state index contributed by atoms with van der Waals surface area (Å²) < 4.78 is 0. The molecule has 0 aliphatic heterocycles. The third-order valence-corrected chi connectivity index (χ3v) is 6.35. The Morgan fingerprint density at radius 3 is 2.08 bits per heavy atom. The van der Waals surface area contributed by atoms with Gasteiger partial charge in [-0.1, -0.05) is 84.4 Å². The smallest absolute Gasteiger partial charge is 0.244 e. The van der Waals surface area contributed by atoms with Gasteiger partial charge in [0.25, 0.3) is 0 Å². The predicted molar refractivity (Wildman–Crippen MR) is 151 cm³/mol. The van der Waals surface area contributed by atoms with E-state index in [0.717, 1.165) is 16.7 Å². The Bertz CT molecular complexity index is 1100. The number of nitrogens with zero attached hydrogens (tertiary/aromatic N) is 1. The molecule has 0 saturated heterocycles. The van der Waals surface area contributed by atoms with Gasteiger partial charge in [0.05, 0.1) is 6.04 Å². The fourth-order valence-electron chi connectivity index (χ4n) is 4.12. The molecule has 0 fully saturated rings. The molecular formula is C30H35ClN4O2. The van der Waals surface area contributed by atoms with Crippen molar-refractivity contribution < 1.29 is 9.59 Å². The summed E-state index contributed by atoms with van der Waals surface area (Å²) in [5.74, 6) is -0.165. The monoisotopic (exact) mass is 518 g/mol. The van der Waals surface area contributed by atoms with Crippen molar-refractivity contribution in [2.45, 2.75) is 18.4 Å². The molecule has 194 valence electrons. The molecule has 0 aromatic heterocycles. The molecule has 0 heterocycles. The molecule has 3 aromatic rings. The summed E-state index contributed by atoms with van der Waals surface area (Å²) in [7, 11) is 1.83. The van der Waals surface area contributed by atoms with Gasteiger partial charge < -0.3 is 21.3 Å². The second-order valence-electron chi connectivity index (χ2n) is 8.85. The van der Waals surface area contributed by atoms with Crippen LogP contribution >= 0.6 is 11.6 Å². The van der Waals surface area contributed by atoms with E-state index in [4.69, 9.17) is 17.3 Å². The predicted octanol–water partition coefficient (Wildman–Crippen LogP) is 4.07. The second kappa shape index (κ2) is 15.0. The zero-order chi connectivity index (χ0) is 26.5. The van der Waals surface area contributed by atoms with Crippen molar-refractivity contribution in [1.82, 2.24) is 15.5 Å². The topological polar surface area (TPSA) is 87.5 Å². The van der Waals surface area contributed by atoms with Crippen LogP contribution < -0.4 is 16.4 Å². The first-order valence-corrected chi connectivity index (χ1v) is 12.9. The lowest BCUT2D eigenvalue weighted by molar-refractivity contribution is -0.132.